The van der Waals surface area contributed by atoms with E-state index in [1.165, 1.54) is 11.6 Å². The van der Waals surface area contributed by atoms with E-state index in [1.807, 2.05) is 31.2 Å². The third-order valence-corrected chi connectivity index (χ3v) is 5.84. The fourth-order valence-electron chi connectivity index (χ4n) is 3.50. The van der Waals surface area contributed by atoms with Crippen LogP contribution < -0.4 is 19.7 Å². The van der Waals surface area contributed by atoms with Gasteiger partial charge in [-0.15, -0.1) is 0 Å². The van der Waals surface area contributed by atoms with Crippen molar-refractivity contribution in [1.29, 1.82) is 0 Å². The Morgan fingerprint density at radius 1 is 0.972 bits per heavy atom. The molecule has 0 aliphatic carbocycles. The Labute approximate surface area is 217 Å². The van der Waals surface area contributed by atoms with E-state index in [0.29, 0.717) is 29.4 Å². The van der Waals surface area contributed by atoms with Gasteiger partial charge >= 0.3 is 6.03 Å². The van der Waals surface area contributed by atoms with Crippen molar-refractivity contribution in [3.8, 4) is 11.5 Å². The molecule has 0 aromatic heterocycles. The minimum absolute atomic E-state index is 0.198. The van der Waals surface area contributed by atoms with Crippen molar-refractivity contribution in [2.75, 3.05) is 11.5 Å². The van der Waals surface area contributed by atoms with E-state index < -0.39 is 17.8 Å². The van der Waals surface area contributed by atoms with Gasteiger partial charge in [0.25, 0.3) is 11.8 Å². The van der Waals surface area contributed by atoms with Gasteiger partial charge in [-0.1, -0.05) is 58.4 Å². The summed E-state index contributed by atoms with van der Waals surface area (Å²) in [6.07, 6.45) is 2.99. The molecular formula is C28H23BrN2O5. The largest absolute Gasteiger partial charge is 0.489 e. The Balaban J connectivity index is 1.56. The standard InChI is InChI=1S/C28H23BrN2O5/c1-3-14-35-25-13-8-21(29)15-20(25)16-24-26(32)30-28(34)31(27(24)33)22-9-11-23(12-10-22)36-17-19-6-4-18(2)5-7-19/h3-13,15-16H,1,14,17H2,2H3,(H,30,32,34)/b24-16+. The van der Waals surface area contributed by atoms with Gasteiger partial charge in [-0.25, -0.2) is 9.69 Å². The minimum atomic E-state index is -0.826. The number of hydrogen-bond acceptors (Lipinski definition) is 5. The maximum Gasteiger partial charge on any atom is 0.335 e. The number of anilines is 1. The fraction of sp³-hybridized carbons (Fsp3) is 0.107. The average Bonchev–Trinajstić information content (AvgIpc) is 2.86. The first-order valence-corrected chi connectivity index (χ1v) is 11.9. The van der Waals surface area contributed by atoms with Crippen LogP contribution in [0.1, 0.15) is 16.7 Å². The van der Waals surface area contributed by atoms with Crippen LogP contribution in [0.4, 0.5) is 10.5 Å². The molecule has 0 unspecified atom stereocenters. The number of benzene rings is 3. The van der Waals surface area contributed by atoms with Crippen LogP contribution in [-0.4, -0.2) is 24.5 Å². The van der Waals surface area contributed by atoms with Crippen LogP contribution in [0, 0.1) is 6.92 Å². The van der Waals surface area contributed by atoms with Crippen molar-refractivity contribution < 1.29 is 23.9 Å². The molecule has 1 fully saturated rings. The van der Waals surface area contributed by atoms with Crippen molar-refractivity contribution in [1.82, 2.24) is 5.32 Å². The Bertz CT molecular complexity index is 1350. The molecule has 8 heteroatoms. The normalized spacial score (nSPS) is 14.6. The molecule has 1 saturated heterocycles. The fourth-order valence-corrected chi connectivity index (χ4v) is 3.88. The highest BCUT2D eigenvalue weighted by Gasteiger charge is 2.37. The molecule has 0 bridgehead atoms. The monoisotopic (exact) mass is 546 g/mol. The van der Waals surface area contributed by atoms with Gasteiger partial charge in [-0.2, -0.15) is 0 Å². The summed E-state index contributed by atoms with van der Waals surface area (Å²) in [6.45, 7) is 6.28. The van der Waals surface area contributed by atoms with Crippen LogP contribution in [0.5, 0.6) is 11.5 Å². The number of imide groups is 2. The summed E-state index contributed by atoms with van der Waals surface area (Å²) in [7, 11) is 0. The number of carbonyl (C=O) groups excluding carboxylic acids is 3. The van der Waals surface area contributed by atoms with Crippen molar-refractivity contribution in [3.05, 3.63) is 106 Å². The topological polar surface area (TPSA) is 84.9 Å². The molecule has 4 rings (SSSR count). The van der Waals surface area contributed by atoms with Crippen molar-refractivity contribution in [2.45, 2.75) is 13.5 Å². The van der Waals surface area contributed by atoms with Gasteiger partial charge in [0, 0.05) is 10.0 Å². The van der Waals surface area contributed by atoms with E-state index in [0.717, 1.165) is 14.9 Å². The molecule has 1 aliphatic rings. The molecule has 1 N–H and O–H groups in total. The van der Waals surface area contributed by atoms with Crippen LogP contribution >= 0.6 is 15.9 Å². The summed E-state index contributed by atoms with van der Waals surface area (Å²) in [6, 6.07) is 18.9. The number of carbonyl (C=O) groups is 3. The molecule has 0 spiro atoms. The van der Waals surface area contributed by atoms with E-state index >= 15 is 0 Å². The number of aryl methyl sites for hydroxylation is 1. The van der Waals surface area contributed by atoms with Crippen LogP contribution in [0.15, 0.2) is 89.4 Å². The first-order chi connectivity index (χ1) is 17.4. The molecule has 1 heterocycles. The van der Waals surface area contributed by atoms with Gasteiger partial charge in [-0.05, 0) is 61.0 Å². The Kier molecular flexibility index (Phi) is 7.65. The first kappa shape index (κ1) is 24.9. The van der Waals surface area contributed by atoms with E-state index in [1.54, 1.807) is 48.5 Å². The smallest absolute Gasteiger partial charge is 0.335 e. The number of halogens is 1. The molecule has 3 aromatic carbocycles. The number of barbiturate groups is 1. The summed E-state index contributed by atoms with van der Waals surface area (Å²) in [4.78, 5) is 39.3. The summed E-state index contributed by atoms with van der Waals surface area (Å²) < 4.78 is 12.2. The lowest BCUT2D eigenvalue weighted by molar-refractivity contribution is -0.122. The number of nitrogens with zero attached hydrogens (tertiary/aromatic N) is 1. The van der Waals surface area contributed by atoms with E-state index in [4.69, 9.17) is 9.47 Å². The quantitative estimate of drug-likeness (QED) is 0.227. The lowest BCUT2D eigenvalue weighted by Crippen LogP contribution is -2.54. The number of urea groups is 1. The Hall–Kier alpha value is -4.17. The lowest BCUT2D eigenvalue weighted by Gasteiger charge is -2.26. The van der Waals surface area contributed by atoms with Crippen LogP contribution in [0.25, 0.3) is 6.08 Å². The van der Waals surface area contributed by atoms with Gasteiger partial charge < -0.3 is 9.47 Å². The molecule has 36 heavy (non-hydrogen) atoms. The zero-order valence-corrected chi connectivity index (χ0v) is 21.1. The third-order valence-electron chi connectivity index (χ3n) is 5.35. The third kappa shape index (κ3) is 5.72. The van der Waals surface area contributed by atoms with Crippen molar-refractivity contribution in [3.63, 3.8) is 0 Å². The molecule has 0 saturated carbocycles. The molecule has 0 radical (unpaired) electrons. The second-order valence-corrected chi connectivity index (χ2v) is 8.92. The molecule has 3 aromatic rings. The first-order valence-electron chi connectivity index (χ1n) is 11.1. The predicted molar refractivity (Wildman–Crippen MR) is 141 cm³/mol. The number of hydrogen-bond donors (Lipinski definition) is 1. The highest BCUT2D eigenvalue weighted by Crippen LogP contribution is 2.29. The average molecular weight is 547 g/mol. The highest BCUT2D eigenvalue weighted by atomic mass is 79.9. The van der Waals surface area contributed by atoms with Gasteiger partial charge in [0.15, 0.2) is 0 Å². The summed E-state index contributed by atoms with van der Waals surface area (Å²) in [5, 5.41) is 2.23. The molecule has 4 amide bonds. The van der Waals surface area contributed by atoms with Crippen LogP contribution in [-0.2, 0) is 16.2 Å². The molecule has 182 valence electrons. The molecular weight excluding hydrogens is 524 g/mol. The maximum atomic E-state index is 13.3. The minimum Gasteiger partial charge on any atom is -0.489 e. The zero-order chi connectivity index (χ0) is 25.7. The van der Waals surface area contributed by atoms with E-state index in [-0.39, 0.29) is 12.2 Å². The zero-order valence-electron chi connectivity index (χ0n) is 19.5. The van der Waals surface area contributed by atoms with Gasteiger partial charge in [0.05, 0.1) is 5.69 Å². The summed E-state index contributed by atoms with van der Waals surface area (Å²) in [5.41, 5.74) is 2.79. The van der Waals surface area contributed by atoms with Gasteiger partial charge in [-0.3, -0.25) is 14.9 Å². The van der Waals surface area contributed by atoms with Crippen LogP contribution in [0.3, 0.4) is 0 Å². The van der Waals surface area contributed by atoms with Crippen molar-refractivity contribution in [2.24, 2.45) is 0 Å². The van der Waals surface area contributed by atoms with Gasteiger partial charge in [0.1, 0.15) is 30.3 Å². The lowest BCUT2D eigenvalue weighted by atomic mass is 10.1. The Morgan fingerprint density at radius 2 is 1.69 bits per heavy atom. The Morgan fingerprint density at radius 3 is 2.39 bits per heavy atom. The highest BCUT2D eigenvalue weighted by molar-refractivity contribution is 9.10. The maximum absolute atomic E-state index is 13.3. The second-order valence-electron chi connectivity index (χ2n) is 8.01. The predicted octanol–water partition coefficient (Wildman–Crippen LogP) is 5.57. The van der Waals surface area contributed by atoms with Gasteiger partial charge in [0.2, 0.25) is 0 Å². The molecule has 1 aliphatic heterocycles. The summed E-state index contributed by atoms with van der Waals surface area (Å²) in [5.74, 6) is -0.487. The number of amides is 4. The van der Waals surface area contributed by atoms with Crippen molar-refractivity contribution >= 4 is 45.5 Å². The number of rotatable bonds is 8. The summed E-state index contributed by atoms with van der Waals surface area (Å²) >= 11 is 3.39. The SMILES string of the molecule is C=CCOc1ccc(Br)cc1/C=C1\C(=O)NC(=O)N(c2ccc(OCc3ccc(C)cc3)cc2)C1=O. The van der Waals surface area contributed by atoms with E-state index in [9.17, 15) is 14.4 Å². The number of ether oxygens (including phenoxy) is 2. The molecule has 0 atom stereocenters. The number of nitrogens with one attached hydrogen (secondary N) is 1. The van der Waals surface area contributed by atoms with Crippen LogP contribution in [0.2, 0.25) is 0 Å². The molecule has 7 nitrogen and oxygen atoms in total. The second kappa shape index (κ2) is 11.0. The van der Waals surface area contributed by atoms with E-state index in [2.05, 4.69) is 27.8 Å².